The fourth-order valence-electron chi connectivity index (χ4n) is 2.34. The lowest BCUT2D eigenvalue weighted by Crippen LogP contribution is -2.25. The highest BCUT2D eigenvalue weighted by Crippen LogP contribution is 2.28. The summed E-state index contributed by atoms with van der Waals surface area (Å²) < 4.78 is 5.52. The van der Waals surface area contributed by atoms with Gasteiger partial charge < -0.3 is 15.2 Å². The highest BCUT2D eigenvalue weighted by Gasteiger charge is 2.21. The minimum atomic E-state index is -0.548. The minimum Gasteiger partial charge on any atom is -0.389 e. The van der Waals surface area contributed by atoms with Gasteiger partial charge in [-0.15, -0.1) is 0 Å². The van der Waals surface area contributed by atoms with Gasteiger partial charge in [0.2, 0.25) is 0 Å². The van der Waals surface area contributed by atoms with E-state index in [1.807, 2.05) is 18.2 Å². The van der Waals surface area contributed by atoms with E-state index in [9.17, 15) is 5.11 Å². The summed E-state index contributed by atoms with van der Waals surface area (Å²) in [6.45, 7) is 3.58. The molecule has 1 saturated carbocycles. The number of anilines is 1. The van der Waals surface area contributed by atoms with Gasteiger partial charge in [-0.1, -0.05) is 6.92 Å². The molecule has 0 amide bonds. The Hall–Kier alpha value is -2.05. The molecule has 24 heavy (non-hydrogen) atoms. The summed E-state index contributed by atoms with van der Waals surface area (Å²) in [6.07, 6.45) is 6.24. The highest BCUT2D eigenvalue weighted by atomic mass is 16.5. The summed E-state index contributed by atoms with van der Waals surface area (Å²) in [7, 11) is 0. The van der Waals surface area contributed by atoms with Crippen molar-refractivity contribution in [1.82, 2.24) is 15.0 Å². The molecule has 3 rings (SSSR count). The molecule has 0 bridgehead atoms. The zero-order valence-electron chi connectivity index (χ0n) is 14.0. The second-order valence-electron chi connectivity index (χ2n) is 6.17. The van der Waals surface area contributed by atoms with Gasteiger partial charge in [-0.25, -0.2) is 9.97 Å². The van der Waals surface area contributed by atoms with Crippen molar-refractivity contribution in [2.24, 2.45) is 5.92 Å². The van der Waals surface area contributed by atoms with E-state index in [4.69, 9.17) is 4.74 Å². The first kappa shape index (κ1) is 16.8. The maximum atomic E-state index is 10.0. The summed E-state index contributed by atoms with van der Waals surface area (Å²) in [5.41, 5.74) is 1.88. The monoisotopic (exact) mass is 328 g/mol. The van der Waals surface area contributed by atoms with Crippen LogP contribution in [0.15, 0.2) is 30.6 Å². The Morgan fingerprint density at radius 1 is 1.29 bits per heavy atom. The predicted molar refractivity (Wildman–Crippen MR) is 92.7 cm³/mol. The first-order valence-electron chi connectivity index (χ1n) is 8.52. The van der Waals surface area contributed by atoms with Crippen molar-refractivity contribution < 1.29 is 9.84 Å². The molecule has 0 aliphatic heterocycles. The van der Waals surface area contributed by atoms with Crippen LogP contribution in [0.25, 0.3) is 11.4 Å². The van der Waals surface area contributed by atoms with Crippen LogP contribution in [-0.2, 0) is 11.2 Å². The van der Waals surface area contributed by atoms with Crippen LogP contribution >= 0.6 is 0 Å². The van der Waals surface area contributed by atoms with Crippen molar-refractivity contribution in [2.75, 3.05) is 25.1 Å². The van der Waals surface area contributed by atoms with Gasteiger partial charge in [-0.05, 0) is 37.3 Å². The van der Waals surface area contributed by atoms with Gasteiger partial charge in [0.25, 0.3) is 0 Å². The van der Waals surface area contributed by atoms with Gasteiger partial charge in [-0.3, -0.25) is 4.98 Å². The van der Waals surface area contributed by atoms with Crippen LogP contribution in [0.3, 0.4) is 0 Å². The zero-order valence-corrected chi connectivity index (χ0v) is 14.0. The molecule has 1 unspecified atom stereocenters. The van der Waals surface area contributed by atoms with Crippen LogP contribution in [0.4, 0.5) is 5.82 Å². The van der Waals surface area contributed by atoms with Crippen LogP contribution in [0.2, 0.25) is 0 Å². The van der Waals surface area contributed by atoms with Gasteiger partial charge in [0.05, 0.1) is 12.7 Å². The summed E-state index contributed by atoms with van der Waals surface area (Å²) >= 11 is 0. The second kappa shape index (κ2) is 8.17. The molecule has 6 heteroatoms. The molecule has 1 aliphatic carbocycles. The van der Waals surface area contributed by atoms with Gasteiger partial charge >= 0.3 is 0 Å². The van der Waals surface area contributed by atoms with E-state index >= 15 is 0 Å². The fraction of sp³-hybridized carbons (Fsp3) is 0.500. The molecule has 1 atom stereocenters. The molecule has 0 aromatic carbocycles. The standard InChI is InChI=1S/C18H24N4O2/c1-2-15-9-17(20-10-16(23)12-24-11-13-3-4-13)22-18(21-15)14-5-7-19-8-6-14/h5-9,13,16,23H,2-4,10-12H2,1H3,(H,20,21,22). The predicted octanol–water partition coefficient (Wildman–Crippen LogP) is 2.30. The van der Waals surface area contributed by atoms with E-state index in [-0.39, 0.29) is 0 Å². The van der Waals surface area contributed by atoms with Crippen molar-refractivity contribution >= 4 is 5.82 Å². The fourth-order valence-corrected chi connectivity index (χ4v) is 2.34. The number of aryl methyl sites for hydroxylation is 1. The van der Waals surface area contributed by atoms with Crippen molar-refractivity contribution in [3.8, 4) is 11.4 Å². The highest BCUT2D eigenvalue weighted by molar-refractivity contribution is 5.56. The SMILES string of the molecule is CCc1cc(NCC(O)COCC2CC2)nc(-c2ccncc2)n1. The molecule has 2 aromatic rings. The number of hydrogen-bond acceptors (Lipinski definition) is 6. The van der Waals surface area contributed by atoms with Crippen LogP contribution in [0.5, 0.6) is 0 Å². The summed E-state index contributed by atoms with van der Waals surface area (Å²) in [4.78, 5) is 13.1. The molecular weight excluding hydrogens is 304 g/mol. The molecule has 0 saturated heterocycles. The number of nitrogens with zero attached hydrogens (tertiary/aromatic N) is 3. The number of aromatic nitrogens is 3. The molecule has 2 aromatic heterocycles. The largest absolute Gasteiger partial charge is 0.389 e. The number of hydrogen-bond donors (Lipinski definition) is 2. The number of ether oxygens (including phenoxy) is 1. The number of aliphatic hydroxyl groups excluding tert-OH is 1. The Morgan fingerprint density at radius 3 is 2.79 bits per heavy atom. The topological polar surface area (TPSA) is 80.2 Å². The summed E-state index contributed by atoms with van der Waals surface area (Å²) in [5, 5.41) is 13.2. The van der Waals surface area contributed by atoms with E-state index in [0.29, 0.717) is 24.9 Å². The average Bonchev–Trinajstić information content (AvgIpc) is 3.45. The van der Waals surface area contributed by atoms with Crippen LogP contribution in [-0.4, -0.2) is 45.9 Å². The third-order valence-corrected chi connectivity index (χ3v) is 3.96. The first-order chi connectivity index (χ1) is 11.7. The minimum absolute atomic E-state index is 0.354. The van der Waals surface area contributed by atoms with Crippen LogP contribution in [0.1, 0.15) is 25.5 Å². The van der Waals surface area contributed by atoms with E-state index in [2.05, 4.69) is 27.2 Å². The van der Waals surface area contributed by atoms with Crippen molar-refractivity contribution in [3.05, 3.63) is 36.3 Å². The van der Waals surface area contributed by atoms with E-state index in [1.54, 1.807) is 12.4 Å². The molecule has 2 N–H and O–H groups in total. The molecule has 128 valence electrons. The zero-order chi connectivity index (χ0) is 16.8. The van der Waals surface area contributed by atoms with E-state index < -0.39 is 6.10 Å². The average molecular weight is 328 g/mol. The van der Waals surface area contributed by atoms with Crippen LogP contribution < -0.4 is 5.32 Å². The Balaban J connectivity index is 1.59. The summed E-state index contributed by atoms with van der Waals surface area (Å²) in [5.74, 6) is 2.09. The first-order valence-corrected chi connectivity index (χ1v) is 8.52. The van der Waals surface area contributed by atoms with E-state index in [1.165, 1.54) is 12.8 Å². The third-order valence-electron chi connectivity index (χ3n) is 3.96. The maximum absolute atomic E-state index is 10.0. The Labute approximate surface area is 142 Å². The van der Waals surface area contributed by atoms with Crippen LogP contribution in [0, 0.1) is 5.92 Å². The maximum Gasteiger partial charge on any atom is 0.161 e. The van der Waals surface area contributed by atoms with Crippen molar-refractivity contribution in [2.45, 2.75) is 32.3 Å². The van der Waals surface area contributed by atoms with E-state index in [0.717, 1.165) is 30.1 Å². The Morgan fingerprint density at radius 2 is 2.08 bits per heavy atom. The second-order valence-corrected chi connectivity index (χ2v) is 6.17. The van der Waals surface area contributed by atoms with Crippen molar-refractivity contribution in [3.63, 3.8) is 0 Å². The lowest BCUT2D eigenvalue weighted by Gasteiger charge is -2.14. The van der Waals surface area contributed by atoms with Crippen molar-refractivity contribution in [1.29, 1.82) is 0 Å². The number of aliphatic hydroxyl groups is 1. The molecule has 0 spiro atoms. The molecule has 6 nitrogen and oxygen atoms in total. The smallest absolute Gasteiger partial charge is 0.161 e. The molecule has 2 heterocycles. The molecule has 1 fully saturated rings. The number of pyridine rings is 1. The van der Waals surface area contributed by atoms with Gasteiger partial charge in [0, 0.05) is 42.9 Å². The molecule has 0 radical (unpaired) electrons. The van der Waals surface area contributed by atoms with Gasteiger partial charge in [0.1, 0.15) is 5.82 Å². The normalized spacial score (nSPS) is 15.2. The Bertz CT molecular complexity index is 647. The number of rotatable bonds is 9. The lowest BCUT2D eigenvalue weighted by molar-refractivity contribution is 0.0386. The summed E-state index contributed by atoms with van der Waals surface area (Å²) in [6, 6.07) is 5.70. The quantitative estimate of drug-likeness (QED) is 0.735. The number of nitrogens with one attached hydrogen (secondary N) is 1. The third kappa shape index (κ3) is 4.97. The Kier molecular flexibility index (Phi) is 5.72. The molecular formula is C18H24N4O2. The lowest BCUT2D eigenvalue weighted by atomic mass is 10.2. The van der Waals surface area contributed by atoms with Gasteiger partial charge in [-0.2, -0.15) is 0 Å². The molecule has 1 aliphatic rings. The van der Waals surface area contributed by atoms with Gasteiger partial charge in [0.15, 0.2) is 5.82 Å².